The molecular formula is C18H30O9. The zero-order valence-corrected chi connectivity index (χ0v) is 15.4. The molecule has 3 unspecified atom stereocenters. The largest absolute Gasteiger partial charge is 0.481 e. The summed E-state index contributed by atoms with van der Waals surface area (Å²) in [5.41, 5.74) is 0. The minimum atomic E-state index is -1.75. The number of esters is 1. The molecule has 0 radical (unpaired) electrons. The number of aliphatic hydroxyl groups excluding tert-OH is 4. The third-order valence-electron chi connectivity index (χ3n) is 4.43. The fourth-order valence-electron chi connectivity index (χ4n) is 2.77. The molecule has 0 aliphatic carbocycles. The smallest absolute Gasteiger partial charge is 0.307 e. The highest BCUT2D eigenvalue weighted by Gasteiger charge is 2.46. The summed E-state index contributed by atoms with van der Waals surface area (Å²) in [6.45, 7) is 1.43. The van der Waals surface area contributed by atoms with Gasteiger partial charge in [0.05, 0.1) is 18.9 Å². The third kappa shape index (κ3) is 7.55. The fourth-order valence-corrected chi connectivity index (χ4v) is 2.77. The number of hydrogen-bond acceptors (Lipinski definition) is 8. The second kappa shape index (κ2) is 12.0. The predicted octanol–water partition coefficient (Wildman–Crippen LogP) is -0.0530. The van der Waals surface area contributed by atoms with E-state index in [4.69, 9.17) is 14.6 Å². The minimum Gasteiger partial charge on any atom is -0.481 e. The zero-order valence-electron chi connectivity index (χ0n) is 15.4. The van der Waals surface area contributed by atoms with Gasteiger partial charge in [-0.05, 0) is 19.3 Å². The van der Waals surface area contributed by atoms with E-state index in [9.17, 15) is 30.0 Å². The van der Waals surface area contributed by atoms with Crippen molar-refractivity contribution in [1.29, 1.82) is 0 Å². The Labute approximate surface area is 158 Å². The Bertz CT molecular complexity index is 493. The van der Waals surface area contributed by atoms with Crippen LogP contribution in [0.2, 0.25) is 0 Å². The molecule has 1 aliphatic heterocycles. The van der Waals surface area contributed by atoms with Crippen LogP contribution in [0.1, 0.15) is 45.4 Å². The summed E-state index contributed by atoms with van der Waals surface area (Å²) in [7, 11) is 0. The second-order valence-corrected chi connectivity index (χ2v) is 6.63. The maximum Gasteiger partial charge on any atom is 0.307 e. The molecule has 1 aliphatic rings. The molecule has 1 fully saturated rings. The van der Waals surface area contributed by atoms with Crippen molar-refractivity contribution in [3.05, 3.63) is 12.2 Å². The van der Waals surface area contributed by atoms with Gasteiger partial charge >= 0.3 is 11.9 Å². The Morgan fingerprint density at radius 3 is 2.44 bits per heavy atom. The molecule has 0 amide bonds. The minimum absolute atomic E-state index is 0.150. The summed E-state index contributed by atoms with van der Waals surface area (Å²) < 4.78 is 9.78. The third-order valence-corrected chi connectivity index (χ3v) is 4.43. The first-order chi connectivity index (χ1) is 12.8. The molecule has 6 atom stereocenters. The van der Waals surface area contributed by atoms with Crippen molar-refractivity contribution in [3.63, 3.8) is 0 Å². The number of rotatable bonds is 11. The maximum atomic E-state index is 12.1. The zero-order chi connectivity index (χ0) is 20.4. The Balaban J connectivity index is 2.58. The quantitative estimate of drug-likeness (QED) is 0.185. The molecule has 9 nitrogen and oxygen atoms in total. The van der Waals surface area contributed by atoms with Crippen LogP contribution in [0.3, 0.4) is 0 Å². The van der Waals surface area contributed by atoms with Crippen molar-refractivity contribution < 1.29 is 44.6 Å². The van der Waals surface area contributed by atoms with Crippen LogP contribution < -0.4 is 0 Å². The number of carbonyl (C=O) groups excluding carboxylic acids is 1. The number of aliphatic hydroxyl groups is 4. The number of carboxylic acid groups (broad SMARTS) is 1. The van der Waals surface area contributed by atoms with Crippen molar-refractivity contribution in [1.82, 2.24) is 0 Å². The lowest BCUT2D eigenvalue weighted by molar-refractivity contribution is -0.290. The van der Waals surface area contributed by atoms with Crippen LogP contribution >= 0.6 is 0 Å². The average Bonchev–Trinajstić information content (AvgIpc) is 2.63. The molecule has 0 spiro atoms. The molecule has 27 heavy (non-hydrogen) atoms. The van der Waals surface area contributed by atoms with E-state index in [1.807, 2.05) is 6.08 Å². The Hall–Kier alpha value is -1.52. The van der Waals surface area contributed by atoms with E-state index in [1.165, 1.54) is 0 Å². The summed E-state index contributed by atoms with van der Waals surface area (Å²) in [6, 6.07) is 0. The van der Waals surface area contributed by atoms with E-state index in [0.29, 0.717) is 0 Å². The molecule has 0 aromatic heterocycles. The lowest BCUT2D eigenvalue weighted by Gasteiger charge is -2.39. The number of carbonyl (C=O) groups is 2. The van der Waals surface area contributed by atoms with Crippen LogP contribution in [0.4, 0.5) is 0 Å². The van der Waals surface area contributed by atoms with E-state index < -0.39 is 61.6 Å². The molecular weight excluding hydrogens is 360 g/mol. The van der Waals surface area contributed by atoms with Gasteiger partial charge in [0, 0.05) is 0 Å². The summed E-state index contributed by atoms with van der Waals surface area (Å²) >= 11 is 0. The fraction of sp³-hybridized carbons (Fsp3) is 0.778. The highest BCUT2D eigenvalue weighted by Crippen LogP contribution is 2.23. The van der Waals surface area contributed by atoms with Gasteiger partial charge in [-0.1, -0.05) is 31.9 Å². The number of ether oxygens (including phenoxy) is 2. The molecule has 5 N–H and O–H groups in total. The molecule has 0 saturated carbocycles. The summed E-state index contributed by atoms with van der Waals surface area (Å²) in [5, 5.41) is 47.8. The first-order valence-electron chi connectivity index (χ1n) is 9.19. The van der Waals surface area contributed by atoms with Crippen LogP contribution in [0.5, 0.6) is 0 Å². The number of carboxylic acids is 1. The standard InChI is InChI=1S/C18H30O9/c1-2-3-4-5-6-7-8-11(17(23)24)9-13(20)27-16-14(21)12(10-19)26-18(25)15(16)22/h6-7,11-12,14-16,18-19,21-22,25H,2-5,8-10H2,1H3,(H,23,24)/b7-6-/t11?,12?,14-,15+,16?,18-/m1/s1. The van der Waals surface area contributed by atoms with Gasteiger partial charge in [-0.3, -0.25) is 9.59 Å². The van der Waals surface area contributed by atoms with Gasteiger partial charge < -0.3 is 35.0 Å². The normalized spacial score (nSPS) is 29.6. The highest BCUT2D eigenvalue weighted by atomic mass is 16.7. The van der Waals surface area contributed by atoms with Gasteiger partial charge in [-0.15, -0.1) is 0 Å². The molecule has 0 bridgehead atoms. The molecule has 1 saturated heterocycles. The van der Waals surface area contributed by atoms with Crippen LogP contribution in [0, 0.1) is 5.92 Å². The SMILES string of the molecule is CCCCC/C=C\CC(CC(=O)OC1[C@H](O)C(CO)O[C@@H](O)[C@H]1O)C(=O)O. The monoisotopic (exact) mass is 390 g/mol. The van der Waals surface area contributed by atoms with Crippen molar-refractivity contribution in [2.75, 3.05) is 6.61 Å². The Kier molecular flexibility index (Phi) is 10.5. The summed E-state index contributed by atoms with van der Waals surface area (Å²) in [4.78, 5) is 23.4. The first-order valence-corrected chi connectivity index (χ1v) is 9.19. The van der Waals surface area contributed by atoms with E-state index in [1.54, 1.807) is 6.08 Å². The molecule has 0 aromatic carbocycles. The maximum absolute atomic E-state index is 12.1. The van der Waals surface area contributed by atoms with Gasteiger partial charge in [-0.25, -0.2) is 0 Å². The van der Waals surface area contributed by atoms with Gasteiger partial charge in [0.25, 0.3) is 0 Å². The van der Waals surface area contributed by atoms with Crippen LogP contribution in [0.25, 0.3) is 0 Å². The van der Waals surface area contributed by atoms with Crippen molar-refractivity contribution >= 4 is 11.9 Å². The summed E-state index contributed by atoms with van der Waals surface area (Å²) in [5.74, 6) is -3.10. The lowest BCUT2D eigenvalue weighted by Crippen LogP contribution is -2.59. The number of allylic oxidation sites excluding steroid dienone is 2. The van der Waals surface area contributed by atoms with E-state index in [-0.39, 0.29) is 6.42 Å². The topological polar surface area (TPSA) is 154 Å². The van der Waals surface area contributed by atoms with Crippen molar-refractivity contribution in [2.24, 2.45) is 5.92 Å². The molecule has 1 rings (SSSR count). The second-order valence-electron chi connectivity index (χ2n) is 6.63. The predicted molar refractivity (Wildman–Crippen MR) is 93.5 cm³/mol. The number of unbranched alkanes of at least 4 members (excludes halogenated alkanes) is 3. The van der Waals surface area contributed by atoms with Crippen molar-refractivity contribution in [3.8, 4) is 0 Å². The van der Waals surface area contributed by atoms with Gasteiger partial charge in [0.2, 0.25) is 0 Å². The summed E-state index contributed by atoms with van der Waals surface area (Å²) in [6.07, 6.45) is -0.453. The number of hydrogen-bond donors (Lipinski definition) is 5. The van der Waals surface area contributed by atoms with Gasteiger partial charge in [-0.2, -0.15) is 0 Å². The Morgan fingerprint density at radius 2 is 1.85 bits per heavy atom. The van der Waals surface area contributed by atoms with Crippen LogP contribution in [-0.4, -0.2) is 74.8 Å². The van der Waals surface area contributed by atoms with E-state index in [0.717, 1.165) is 25.7 Å². The van der Waals surface area contributed by atoms with E-state index >= 15 is 0 Å². The molecule has 9 heteroatoms. The van der Waals surface area contributed by atoms with Crippen molar-refractivity contribution in [2.45, 2.75) is 76.2 Å². The van der Waals surface area contributed by atoms with Gasteiger partial charge in [0.1, 0.15) is 18.3 Å². The number of aliphatic carboxylic acids is 1. The van der Waals surface area contributed by atoms with Gasteiger partial charge in [0.15, 0.2) is 12.4 Å². The van der Waals surface area contributed by atoms with Crippen LogP contribution in [-0.2, 0) is 19.1 Å². The van der Waals surface area contributed by atoms with Crippen LogP contribution in [0.15, 0.2) is 12.2 Å². The van der Waals surface area contributed by atoms with E-state index in [2.05, 4.69) is 6.92 Å². The lowest BCUT2D eigenvalue weighted by atomic mass is 9.98. The highest BCUT2D eigenvalue weighted by molar-refractivity contribution is 5.79. The Morgan fingerprint density at radius 1 is 1.15 bits per heavy atom. The molecule has 0 aromatic rings. The molecule has 156 valence electrons. The average molecular weight is 390 g/mol. The molecule has 1 heterocycles. The first kappa shape index (κ1) is 23.5.